The van der Waals surface area contributed by atoms with Crippen LogP contribution in [0.25, 0.3) is 0 Å². The molecule has 1 N–H and O–H groups in total. The Hall–Kier alpha value is -1.36. The molecule has 1 aromatic rings. The molecule has 0 saturated carbocycles. The molecule has 0 radical (unpaired) electrons. The van der Waals surface area contributed by atoms with Crippen molar-refractivity contribution in [2.75, 3.05) is 43.5 Å². The van der Waals surface area contributed by atoms with Gasteiger partial charge in [0.2, 0.25) is 0 Å². The van der Waals surface area contributed by atoms with Crippen molar-refractivity contribution in [1.82, 2.24) is 15.3 Å². The molecule has 5 heteroatoms. The number of piperidine rings is 1. The number of aryl methyl sites for hydroxylation is 1. The Kier molecular flexibility index (Phi) is 4.58. The minimum atomic E-state index is 0.566. The SMILES string of the molecule is CCN(C)c1cc(N2CCCC(NC)C2)nc(C)n1. The molecule has 0 bridgehead atoms. The second-order valence-corrected chi connectivity index (χ2v) is 5.22. The van der Waals surface area contributed by atoms with E-state index < -0.39 is 0 Å². The van der Waals surface area contributed by atoms with Gasteiger partial charge in [-0.2, -0.15) is 0 Å². The van der Waals surface area contributed by atoms with E-state index in [0.717, 1.165) is 37.1 Å². The molecule has 1 saturated heterocycles. The first kappa shape index (κ1) is 14.1. The normalized spacial score (nSPS) is 19.6. The van der Waals surface area contributed by atoms with Crippen molar-refractivity contribution >= 4 is 11.6 Å². The van der Waals surface area contributed by atoms with Gasteiger partial charge >= 0.3 is 0 Å². The van der Waals surface area contributed by atoms with Gasteiger partial charge in [-0.3, -0.25) is 0 Å². The number of rotatable bonds is 4. The van der Waals surface area contributed by atoms with Crippen molar-refractivity contribution in [1.29, 1.82) is 0 Å². The lowest BCUT2D eigenvalue weighted by Gasteiger charge is -2.34. The molecule has 19 heavy (non-hydrogen) atoms. The molecule has 1 unspecified atom stereocenters. The molecule has 2 rings (SSSR count). The first-order valence-electron chi connectivity index (χ1n) is 7.13. The third-order valence-electron chi connectivity index (χ3n) is 3.83. The van der Waals surface area contributed by atoms with Crippen LogP contribution in [0.1, 0.15) is 25.6 Å². The molecule has 1 atom stereocenters. The van der Waals surface area contributed by atoms with Crippen molar-refractivity contribution in [2.24, 2.45) is 0 Å². The number of hydrogen-bond donors (Lipinski definition) is 1. The van der Waals surface area contributed by atoms with Crippen LogP contribution in [0.15, 0.2) is 6.07 Å². The van der Waals surface area contributed by atoms with Gasteiger partial charge in [-0.15, -0.1) is 0 Å². The number of aromatic nitrogens is 2. The number of nitrogens with zero attached hydrogens (tertiary/aromatic N) is 4. The van der Waals surface area contributed by atoms with Gasteiger partial charge in [0.1, 0.15) is 17.5 Å². The zero-order valence-corrected chi connectivity index (χ0v) is 12.5. The molecule has 2 heterocycles. The zero-order valence-electron chi connectivity index (χ0n) is 12.5. The molecule has 0 amide bonds. The number of likely N-dealkylation sites (N-methyl/N-ethyl adjacent to an activating group) is 1. The fourth-order valence-electron chi connectivity index (χ4n) is 2.48. The third kappa shape index (κ3) is 3.35. The largest absolute Gasteiger partial charge is 0.360 e. The Bertz CT molecular complexity index is 420. The van der Waals surface area contributed by atoms with Gasteiger partial charge in [0, 0.05) is 38.8 Å². The molecule has 1 aromatic heterocycles. The smallest absolute Gasteiger partial charge is 0.134 e. The Morgan fingerprint density at radius 2 is 2.26 bits per heavy atom. The molecule has 0 spiro atoms. The highest BCUT2D eigenvalue weighted by atomic mass is 15.2. The van der Waals surface area contributed by atoms with E-state index in [0.29, 0.717) is 6.04 Å². The maximum absolute atomic E-state index is 4.60. The monoisotopic (exact) mass is 263 g/mol. The van der Waals surface area contributed by atoms with Crippen molar-refractivity contribution < 1.29 is 0 Å². The van der Waals surface area contributed by atoms with E-state index in [1.165, 1.54) is 12.8 Å². The lowest BCUT2D eigenvalue weighted by molar-refractivity contribution is 0.447. The lowest BCUT2D eigenvalue weighted by Crippen LogP contribution is -2.44. The maximum atomic E-state index is 4.60. The summed E-state index contributed by atoms with van der Waals surface area (Å²) in [6.45, 7) is 7.17. The van der Waals surface area contributed by atoms with Gasteiger partial charge < -0.3 is 15.1 Å². The van der Waals surface area contributed by atoms with E-state index >= 15 is 0 Å². The van der Waals surface area contributed by atoms with Gasteiger partial charge in [0.25, 0.3) is 0 Å². The van der Waals surface area contributed by atoms with Crippen LogP contribution in [-0.2, 0) is 0 Å². The molecule has 1 aliphatic rings. The first-order chi connectivity index (χ1) is 9.13. The second-order valence-electron chi connectivity index (χ2n) is 5.22. The summed E-state index contributed by atoms with van der Waals surface area (Å²) in [6.07, 6.45) is 2.46. The summed E-state index contributed by atoms with van der Waals surface area (Å²) in [4.78, 5) is 13.6. The lowest BCUT2D eigenvalue weighted by atomic mass is 10.1. The number of nitrogens with one attached hydrogen (secondary N) is 1. The van der Waals surface area contributed by atoms with Gasteiger partial charge in [0.05, 0.1) is 0 Å². The summed E-state index contributed by atoms with van der Waals surface area (Å²) >= 11 is 0. The van der Waals surface area contributed by atoms with Crippen molar-refractivity contribution in [2.45, 2.75) is 32.7 Å². The summed E-state index contributed by atoms with van der Waals surface area (Å²) in [5, 5.41) is 3.37. The van der Waals surface area contributed by atoms with Gasteiger partial charge in [-0.05, 0) is 33.7 Å². The standard InChI is InChI=1S/C14H25N5/c1-5-18(4)13-9-14(17-11(2)16-13)19-8-6-7-12(10-19)15-3/h9,12,15H,5-8,10H2,1-4H3. The highest BCUT2D eigenvalue weighted by molar-refractivity contribution is 5.51. The predicted molar refractivity (Wildman–Crippen MR) is 80.0 cm³/mol. The van der Waals surface area contributed by atoms with Crippen molar-refractivity contribution in [3.63, 3.8) is 0 Å². The van der Waals surface area contributed by atoms with Crippen LogP contribution in [0, 0.1) is 6.92 Å². The second kappa shape index (κ2) is 6.19. The molecule has 106 valence electrons. The fourth-order valence-corrected chi connectivity index (χ4v) is 2.48. The number of hydrogen-bond acceptors (Lipinski definition) is 5. The molecule has 0 aromatic carbocycles. The van der Waals surface area contributed by atoms with Crippen LogP contribution in [-0.4, -0.2) is 49.7 Å². The quantitative estimate of drug-likeness (QED) is 0.890. The van der Waals surface area contributed by atoms with E-state index in [4.69, 9.17) is 0 Å². The van der Waals surface area contributed by atoms with E-state index in [2.05, 4.69) is 45.1 Å². The Balaban J connectivity index is 2.21. The topological polar surface area (TPSA) is 44.3 Å². The van der Waals surface area contributed by atoms with Crippen LogP contribution in [0.5, 0.6) is 0 Å². The average molecular weight is 263 g/mol. The first-order valence-corrected chi connectivity index (χ1v) is 7.13. The molecular weight excluding hydrogens is 238 g/mol. The summed E-state index contributed by atoms with van der Waals surface area (Å²) in [5.41, 5.74) is 0. The summed E-state index contributed by atoms with van der Waals surface area (Å²) in [6, 6.07) is 2.67. The van der Waals surface area contributed by atoms with Crippen molar-refractivity contribution in [3.8, 4) is 0 Å². The minimum Gasteiger partial charge on any atom is -0.360 e. The summed E-state index contributed by atoms with van der Waals surface area (Å²) in [5.74, 6) is 2.92. The van der Waals surface area contributed by atoms with Crippen LogP contribution < -0.4 is 15.1 Å². The third-order valence-corrected chi connectivity index (χ3v) is 3.83. The van der Waals surface area contributed by atoms with E-state index in [1.807, 2.05) is 14.0 Å². The van der Waals surface area contributed by atoms with E-state index in [-0.39, 0.29) is 0 Å². The molecule has 0 aliphatic carbocycles. The Labute approximate surface area is 116 Å². The maximum Gasteiger partial charge on any atom is 0.134 e. The van der Waals surface area contributed by atoms with Gasteiger partial charge in [-0.25, -0.2) is 9.97 Å². The van der Waals surface area contributed by atoms with E-state index in [9.17, 15) is 0 Å². The zero-order chi connectivity index (χ0) is 13.8. The van der Waals surface area contributed by atoms with Crippen LogP contribution in [0.3, 0.4) is 0 Å². The minimum absolute atomic E-state index is 0.566. The predicted octanol–water partition coefficient (Wildman–Crippen LogP) is 1.43. The molecule has 1 aliphatic heterocycles. The Morgan fingerprint density at radius 3 is 2.95 bits per heavy atom. The van der Waals surface area contributed by atoms with E-state index in [1.54, 1.807) is 0 Å². The highest BCUT2D eigenvalue weighted by Crippen LogP contribution is 2.21. The number of anilines is 2. The summed E-state index contributed by atoms with van der Waals surface area (Å²) < 4.78 is 0. The van der Waals surface area contributed by atoms with Gasteiger partial charge in [0.15, 0.2) is 0 Å². The average Bonchev–Trinajstić information content (AvgIpc) is 2.45. The highest BCUT2D eigenvalue weighted by Gasteiger charge is 2.20. The van der Waals surface area contributed by atoms with Crippen molar-refractivity contribution in [3.05, 3.63) is 11.9 Å². The summed E-state index contributed by atoms with van der Waals surface area (Å²) in [7, 11) is 4.11. The molecular formula is C14H25N5. The van der Waals surface area contributed by atoms with Crippen LogP contribution in [0.4, 0.5) is 11.6 Å². The molecule has 1 fully saturated rings. The van der Waals surface area contributed by atoms with Gasteiger partial charge in [-0.1, -0.05) is 0 Å². The Morgan fingerprint density at radius 1 is 1.47 bits per heavy atom. The molecule has 5 nitrogen and oxygen atoms in total. The van der Waals surface area contributed by atoms with Crippen LogP contribution in [0.2, 0.25) is 0 Å². The van der Waals surface area contributed by atoms with Crippen LogP contribution >= 0.6 is 0 Å². The fraction of sp³-hybridized carbons (Fsp3) is 0.714.